The molecule has 2 rings (SSSR count). The first kappa shape index (κ1) is 11.2. The van der Waals surface area contributed by atoms with Crippen LogP contribution < -0.4 is 5.73 Å². The molecule has 2 N–H and O–H groups in total. The predicted octanol–water partition coefficient (Wildman–Crippen LogP) is 2.30. The van der Waals surface area contributed by atoms with Crippen LogP contribution in [-0.4, -0.2) is 15.2 Å². The summed E-state index contributed by atoms with van der Waals surface area (Å²) >= 11 is 7.34. The van der Waals surface area contributed by atoms with Crippen molar-refractivity contribution in [2.24, 2.45) is 0 Å². The fraction of sp³-hybridized carbons (Fsp3) is 0.222. The van der Waals surface area contributed by atoms with Crippen molar-refractivity contribution >= 4 is 29.2 Å². The Bertz CT molecular complexity index is 502. The van der Waals surface area contributed by atoms with Crippen LogP contribution in [0.2, 0.25) is 5.02 Å². The summed E-state index contributed by atoms with van der Waals surface area (Å²) in [7, 11) is 0. The Morgan fingerprint density at radius 3 is 2.94 bits per heavy atom. The van der Waals surface area contributed by atoms with Crippen LogP contribution in [0.4, 0.5) is 5.82 Å². The van der Waals surface area contributed by atoms with Crippen molar-refractivity contribution < 1.29 is 4.42 Å². The van der Waals surface area contributed by atoms with Crippen LogP contribution >= 0.6 is 23.4 Å². The standard InChI is InChI=1S/C9H9ClN4OS/c1-5-13-14-9(15-5)16-4-7-6(10)2-3-8(11)12-7/h2-3H,4H2,1H3,(H2,11,12). The highest BCUT2D eigenvalue weighted by Crippen LogP contribution is 2.25. The largest absolute Gasteiger partial charge is 0.416 e. The van der Waals surface area contributed by atoms with Gasteiger partial charge in [-0.05, 0) is 12.1 Å². The number of pyridine rings is 1. The summed E-state index contributed by atoms with van der Waals surface area (Å²) in [4.78, 5) is 4.13. The highest BCUT2D eigenvalue weighted by molar-refractivity contribution is 7.98. The molecular formula is C9H9ClN4OS. The zero-order valence-corrected chi connectivity index (χ0v) is 10.0. The van der Waals surface area contributed by atoms with Crippen molar-refractivity contribution in [3.8, 4) is 0 Å². The molecular weight excluding hydrogens is 248 g/mol. The summed E-state index contributed by atoms with van der Waals surface area (Å²) < 4.78 is 5.21. The average Bonchev–Trinajstić information content (AvgIpc) is 2.66. The second-order valence-corrected chi connectivity index (χ2v) is 4.37. The van der Waals surface area contributed by atoms with Gasteiger partial charge in [-0.3, -0.25) is 0 Å². The van der Waals surface area contributed by atoms with Crippen molar-refractivity contribution in [2.45, 2.75) is 17.9 Å². The molecule has 0 saturated carbocycles. The zero-order valence-electron chi connectivity index (χ0n) is 8.48. The summed E-state index contributed by atoms with van der Waals surface area (Å²) in [6, 6.07) is 3.38. The van der Waals surface area contributed by atoms with E-state index in [1.54, 1.807) is 19.1 Å². The molecule has 0 spiro atoms. The summed E-state index contributed by atoms with van der Waals surface area (Å²) in [5.41, 5.74) is 6.28. The maximum absolute atomic E-state index is 5.97. The molecule has 0 atom stereocenters. The van der Waals surface area contributed by atoms with E-state index in [-0.39, 0.29) is 0 Å². The van der Waals surface area contributed by atoms with E-state index in [0.29, 0.717) is 33.4 Å². The quantitative estimate of drug-likeness (QED) is 0.849. The minimum atomic E-state index is 0.446. The molecule has 7 heteroatoms. The summed E-state index contributed by atoms with van der Waals surface area (Å²) in [5.74, 6) is 1.53. The van der Waals surface area contributed by atoms with Crippen LogP contribution in [0.25, 0.3) is 0 Å². The number of hydrogen-bond donors (Lipinski definition) is 1. The fourth-order valence-corrected chi connectivity index (χ4v) is 2.08. The lowest BCUT2D eigenvalue weighted by Gasteiger charge is -2.01. The van der Waals surface area contributed by atoms with Gasteiger partial charge in [-0.15, -0.1) is 10.2 Å². The smallest absolute Gasteiger partial charge is 0.276 e. The van der Waals surface area contributed by atoms with Crippen LogP contribution in [0.3, 0.4) is 0 Å². The predicted molar refractivity (Wildman–Crippen MR) is 62.3 cm³/mol. The lowest BCUT2D eigenvalue weighted by Crippen LogP contribution is -1.95. The van der Waals surface area contributed by atoms with E-state index < -0.39 is 0 Å². The number of aryl methyl sites for hydroxylation is 1. The topological polar surface area (TPSA) is 77.8 Å². The second-order valence-electron chi connectivity index (χ2n) is 3.04. The average molecular weight is 257 g/mol. The first-order chi connectivity index (χ1) is 7.65. The molecule has 2 heterocycles. The molecule has 0 amide bonds. The second kappa shape index (κ2) is 4.71. The van der Waals surface area contributed by atoms with Crippen molar-refractivity contribution in [1.29, 1.82) is 0 Å². The number of thioether (sulfide) groups is 1. The number of halogens is 1. The molecule has 16 heavy (non-hydrogen) atoms. The van der Waals surface area contributed by atoms with E-state index in [9.17, 15) is 0 Å². The molecule has 0 aliphatic rings. The van der Waals surface area contributed by atoms with Crippen molar-refractivity contribution in [3.05, 3.63) is 28.7 Å². The van der Waals surface area contributed by atoms with Gasteiger partial charge in [0.25, 0.3) is 5.22 Å². The fourth-order valence-electron chi connectivity index (χ4n) is 1.07. The van der Waals surface area contributed by atoms with Gasteiger partial charge < -0.3 is 10.2 Å². The van der Waals surface area contributed by atoms with Gasteiger partial charge in [0, 0.05) is 12.7 Å². The van der Waals surface area contributed by atoms with E-state index in [1.807, 2.05) is 0 Å². The zero-order chi connectivity index (χ0) is 11.5. The Balaban J connectivity index is 2.07. The molecule has 0 aliphatic heterocycles. The lowest BCUT2D eigenvalue weighted by molar-refractivity contribution is 0.429. The van der Waals surface area contributed by atoms with Gasteiger partial charge in [-0.1, -0.05) is 23.4 Å². The Kier molecular flexibility index (Phi) is 3.31. The molecule has 0 aromatic carbocycles. The number of anilines is 1. The summed E-state index contributed by atoms with van der Waals surface area (Å²) in [6.07, 6.45) is 0. The SMILES string of the molecule is Cc1nnc(SCc2nc(N)ccc2Cl)o1. The molecule has 0 unspecified atom stereocenters. The van der Waals surface area contributed by atoms with Crippen LogP contribution in [0.1, 0.15) is 11.6 Å². The van der Waals surface area contributed by atoms with Crippen LogP contribution in [-0.2, 0) is 5.75 Å². The third-order valence-corrected chi connectivity index (χ3v) is 2.95. The molecule has 0 saturated heterocycles. The third-order valence-electron chi connectivity index (χ3n) is 1.78. The van der Waals surface area contributed by atoms with Crippen LogP contribution in [0, 0.1) is 6.92 Å². The van der Waals surface area contributed by atoms with E-state index in [4.69, 9.17) is 21.8 Å². The highest BCUT2D eigenvalue weighted by atomic mass is 35.5. The van der Waals surface area contributed by atoms with E-state index in [1.165, 1.54) is 11.8 Å². The van der Waals surface area contributed by atoms with Crippen molar-refractivity contribution in [1.82, 2.24) is 15.2 Å². The Morgan fingerprint density at radius 1 is 1.44 bits per heavy atom. The number of nitrogens with two attached hydrogens (primary N) is 1. The van der Waals surface area contributed by atoms with E-state index in [2.05, 4.69) is 15.2 Å². The third kappa shape index (κ3) is 2.65. The highest BCUT2D eigenvalue weighted by Gasteiger charge is 2.07. The van der Waals surface area contributed by atoms with Crippen molar-refractivity contribution in [2.75, 3.05) is 5.73 Å². The number of hydrogen-bond acceptors (Lipinski definition) is 6. The monoisotopic (exact) mass is 256 g/mol. The molecule has 0 radical (unpaired) electrons. The van der Waals surface area contributed by atoms with Crippen molar-refractivity contribution in [3.63, 3.8) is 0 Å². The summed E-state index contributed by atoms with van der Waals surface area (Å²) in [6.45, 7) is 1.74. The molecule has 2 aromatic heterocycles. The van der Waals surface area contributed by atoms with Gasteiger partial charge in [-0.25, -0.2) is 4.98 Å². The first-order valence-corrected chi connectivity index (χ1v) is 5.85. The van der Waals surface area contributed by atoms with Gasteiger partial charge >= 0.3 is 0 Å². The Labute approximate surface area is 101 Å². The number of rotatable bonds is 3. The van der Waals surface area contributed by atoms with E-state index in [0.717, 1.165) is 0 Å². The molecule has 84 valence electrons. The number of aromatic nitrogens is 3. The van der Waals surface area contributed by atoms with Crippen LogP contribution in [0.5, 0.6) is 0 Å². The maximum atomic E-state index is 5.97. The van der Waals surface area contributed by atoms with Gasteiger partial charge in [-0.2, -0.15) is 0 Å². The first-order valence-electron chi connectivity index (χ1n) is 4.49. The van der Waals surface area contributed by atoms with Gasteiger partial charge in [0.15, 0.2) is 0 Å². The molecule has 2 aromatic rings. The van der Waals surface area contributed by atoms with Gasteiger partial charge in [0.1, 0.15) is 5.82 Å². The molecule has 5 nitrogen and oxygen atoms in total. The Hall–Kier alpha value is -1.27. The minimum Gasteiger partial charge on any atom is -0.416 e. The Morgan fingerprint density at radius 2 is 2.25 bits per heavy atom. The number of nitrogen functional groups attached to an aromatic ring is 1. The summed E-state index contributed by atoms with van der Waals surface area (Å²) in [5, 5.41) is 8.66. The van der Waals surface area contributed by atoms with Crippen LogP contribution in [0.15, 0.2) is 21.8 Å². The normalized spacial score (nSPS) is 10.6. The van der Waals surface area contributed by atoms with E-state index >= 15 is 0 Å². The maximum Gasteiger partial charge on any atom is 0.276 e. The van der Waals surface area contributed by atoms with Gasteiger partial charge in [0.2, 0.25) is 5.89 Å². The number of nitrogens with zero attached hydrogens (tertiary/aromatic N) is 3. The molecule has 0 bridgehead atoms. The lowest BCUT2D eigenvalue weighted by atomic mass is 10.4. The van der Waals surface area contributed by atoms with Gasteiger partial charge in [0.05, 0.1) is 10.7 Å². The molecule has 0 aliphatic carbocycles. The molecule has 0 fully saturated rings. The minimum absolute atomic E-state index is 0.446.